The van der Waals surface area contributed by atoms with E-state index in [0.29, 0.717) is 20.8 Å². The Morgan fingerprint density at radius 2 is 0.676 bits per heavy atom. The Bertz CT molecular complexity index is 3740. The fraction of sp³-hybridized carbons (Fsp3) is 0.857. The minimum absolute atomic E-state index is 0. The third-order valence-electron chi connectivity index (χ3n) is 14.5. The fourth-order valence-electron chi connectivity index (χ4n) is 10.6. The zero-order chi connectivity index (χ0) is 77.2. The Hall–Kier alpha value is 4.32. The standard InChI is InChI=1S/C42H64N2O52S6.9Na/c1-8(46)43-15-18(50)24(88-40-30(82-9(2)47)20(52)19(51)29(92-40)35(55)56)13(6-80-99(67,68)69)85-38(15)90-27-21(53)31(83-10(3)48)41(93-33(27)36(57)58)89-25-14(7-81-100(70,71)72)86-39(16(44-97(61,62)63)26(25)95-101(73,74)75)91-28-22(54)32(96-102(76,77)78)42(94-34(28)37(59)60)87-23-12(5-79-98(64,65)66)84-11(4-45)17(23)49;;;;;;;;;/h11-34,38-42,44-45,49-54H,4-7H2,1-3H3,(H,43,46)(H,55,56)(H,57,58)(H,59,60)(H,61,62,63)(H,64,65,66)(H,67,68,69)(H,70,71,72)(H,73,74,75)(H,76,77,78);;;;;;;;;/q;9*+1/p-9/t11-,12-,13-,14-,15-,16-,17-,18-,19+,20+,21+,22+,23-,24-,25-,26+,27+,28+,29-,30-,31-,32-,33+,34-,38-,39-,40-,41-,42-;;;;;;;;;/m1........./s1. The molecule has 6 aliphatic heterocycles. The van der Waals surface area contributed by atoms with Crippen molar-refractivity contribution in [1.29, 1.82) is 0 Å². The van der Waals surface area contributed by atoms with Gasteiger partial charge in [-0.15, -0.1) is 0 Å². The maximum absolute atomic E-state index is 13.2. The number of hydrogen-bond donors (Lipinski definition) is 9. The maximum Gasteiger partial charge on any atom is 1.00 e. The third kappa shape index (κ3) is 36.3. The summed E-state index contributed by atoms with van der Waals surface area (Å²) in [5.74, 6) is -12.0. The Balaban J connectivity index is -0.00000636. The molecule has 0 unspecified atom stereocenters. The van der Waals surface area contributed by atoms with Crippen LogP contribution in [0, 0.1) is 0 Å². The number of carbonyl (C=O) groups is 6. The molecule has 0 aromatic rings. The summed E-state index contributed by atoms with van der Waals surface area (Å²) in [6, 6.07) is -5.84. The number of rotatable bonds is 32. The summed E-state index contributed by atoms with van der Waals surface area (Å²) in [5.41, 5.74) is 0. The number of aliphatic hydroxyl groups excluding tert-OH is 7. The van der Waals surface area contributed by atoms with Crippen molar-refractivity contribution in [3.8, 4) is 0 Å². The molecular weight excluding hydrogens is 1760 g/mol. The molecular formula is C42H55N2Na9O52S6. The first kappa shape index (κ1) is 122. The van der Waals surface area contributed by atoms with Crippen molar-refractivity contribution in [3.63, 3.8) is 0 Å². The van der Waals surface area contributed by atoms with Crippen LogP contribution in [-0.4, -0.2) is 354 Å². The van der Waals surface area contributed by atoms with E-state index in [0.717, 1.165) is 4.72 Å². The van der Waals surface area contributed by atoms with Gasteiger partial charge in [-0.05, 0) is 0 Å². The van der Waals surface area contributed by atoms with E-state index >= 15 is 0 Å². The van der Waals surface area contributed by atoms with Gasteiger partial charge in [0.2, 0.25) is 57.9 Å². The Morgan fingerprint density at radius 1 is 0.351 bits per heavy atom. The third-order valence-corrected chi connectivity index (χ3v) is 17.3. The van der Waals surface area contributed by atoms with Crippen LogP contribution < -0.4 is 291 Å². The number of hydrogen-bond acceptors (Lipinski definition) is 52. The van der Waals surface area contributed by atoms with Crippen molar-refractivity contribution in [3.05, 3.63) is 0 Å². The van der Waals surface area contributed by atoms with Gasteiger partial charge in [-0.3, -0.25) is 35.3 Å². The smallest absolute Gasteiger partial charge is 0.735 e. The van der Waals surface area contributed by atoms with Crippen molar-refractivity contribution in [1.82, 2.24) is 10.0 Å². The van der Waals surface area contributed by atoms with E-state index in [1.807, 2.05) is 5.32 Å². The largest absolute Gasteiger partial charge is 1.00 e. The molecule has 590 valence electrons. The Labute approximate surface area is 826 Å². The molecule has 6 heterocycles. The van der Waals surface area contributed by atoms with Gasteiger partial charge in [0.15, 0.2) is 60.1 Å². The summed E-state index contributed by atoms with van der Waals surface area (Å²) in [6.07, 6.45) is -76.5. The van der Waals surface area contributed by atoms with Crippen LogP contribution in [0.15, 0.2) is 0 Å². The van der Waals surface area contributed by atoms with Gasteiger partial charge in [0.1, 0.15) is 128 Å². The maximum atomic E-state index is 13.2. The Kier molecular flexibility index (Phi) is 56.1. The predicted molar refractivity (Wildman–Crippen MR) is 276 cm³/mol. The first-order valence-electron chi connectivity index (χ1n) is 27.6. The summed E-state index contributed by atoms with van der Waals surface area (Å²) in [7, 11) is -37.4. The number of esters is 2. The van der Waals surface area contributed by atoms with Crippen molar-refractivity contribution < 1.29 is 506 Å². The molecule has 0 radical (unpaired) electrons. The van der Waals surface area contributed by atoms with E-state index in [1.165, 1.54) is 0 Å². The molecule has 0 spiro atoms. The molecule has 0 bridgehead atoms. The number of ether oxygens (including phenoxy) is 13. The van der Waals surface area contributed by atoms with Crippen LogP contribution in [0.3, 0.4) is 0 Å². The molecule has 0 aromatic carbocycles. The second-order valence-electron chi connectivity index (χ2n) is 21.6. The van der Waals surface area contributed by atoms with Gasteiger partial charge in [0, 0.05) is 20.8 Å². The molecule has 111 heavy (non-hydrogen) atoms. The topological polar surface area (TPSA) is 847 Å². The van der Waals surface area contributed by atoms with Crippen LogP contribution in [0.2, 0.25) is 0 Å². The van der Waals surface area contributed by atoms with Gasteiger partial charge in [0.25, 0.3) is 0 Å². The summed E-state index contributed by atoms with van der Waals surface area (Å²) < 4.78 is 309. The van der Waals surface area contributed by atoms with E-state index in [9.17, 15) is 158 Å². The minimum atomic E-state index is -6.71. The number of aliphatic carboxylic acids is 3. The molecule has 0 aliphatic carbocycles. The van der Waals surface area contributed by atoms with E-state index in [2.05, 4.69) is 20.9 Å². The zero-order valence-corrected chi connectivity index (χ0v) is 82.4. The second-order valence-corrected chi connectivity index (χ2v) is 28.0. The number of amides is 1. The summed E-state index contributed by atoms with van der Waals surface area (Å²) in [4.78, 5) is 75.6. The number of carboxylic acids is 3. The van der Waals surface area contributed by atoms with Crippen molar-refractivity contribution in [2.24, 2.45) is 0 Å². The second kappa shape index (κ2) is 51.2. The van der Waals surface area contributed by atoms with Gasteiger partial charge in [-0.1, -0.05) is 0 Å². The van der Waals surface area contributed by atoms with Crippen LogP contribution in [0.4, 0.5) is 0 Å². The predicted octanol–water partition coefficient (Wildman–Crippen LogP) is -46.3. The first-order chi connectivity index (χ1) is 46.7. The van der Waals surface area contributed by atoms with Crippen LogP contribution in [0.5, 0.6) is 0 Å². The van der Waals surface area contributed by atoms with Crippen molar-refractivity contribution in [2.75, 3.05) is 26.4 Å². The van der Waals surface area contributed by atoms with Gasteiger partial charge >= 0.3 is 278 Å². The summed E-state index contributed by atoms with van der Waals surface area (Å²) >= 11 is 0. The van der Waals surface area contributed by atoms with Crippen LogP contribution in [-0.2, 0) is 174 Å². The number of carboxylic acid groups (broad SMARTS) is 3. The van der Waals surface area contributed by atoms with E-state index < -0.39 is 302 Å². The van der Waals surface area contributed by atoms with E-state index in [4.69, 9.17) is 61.6 Å². The van der Waals surface area contributed by atoms with Gasteiger partial charge in [0.05, 0.1) is 44.3 Å². The molecule has 1 amide bonds. The van der Waals surface area contributed by atoms with Crippen LogP contribution in [0.25, 0.3) is 0 Å². The minimum Gasteiger partial charge on any atom is -0.735 e. The van der Waals surface area contributed by atoms with Crippen molar-refractivity contribution in [2.45, 2.75) is 199 Å². The molecule has 6 saturated heterocycles. The van der Waals surface area contributed by atoms with Gasteiger partial charge in [-0.25, -0.2) is 55.2 Å². The van der Waals surface area contributed by atoms with Crippen LogP contribution >= 0.6 is 0 Å². The summed E-state index contributed by atoms with van der Waals surface area (Å²) in [6.45, 7) is -4.74. The Morgan fingerprint density at radius 3 is 1.04 bits per heavy atom. The van der Waals surface area contributed by atoms with E-state index in [1.54, 1.807) is 0 Å². The van der Waals surface area contributed by atoms with Gasteiger partial charge in [-0.2, -0.15) is 0 Å². The molecule has 54 nitrogen and oxygen atoms in total. The fourth-order valence-corrected chi connectivity index (χ4v) is 13.1. The number of carbonyl (C=O) groups excluding carboxylic acids is 6. The average molecular weight is 1820 g/mol. The number of nitrogens with one attached hydrogen (secondary N) is 2. The molecule has 0 saturated carbocycles. The molecule has 9 N–H and O–H groups in total. The summed E-state index contributed by atoms with van der Waals surface area (Å²) in [5, 5.41) is 117. The molecule has 6 fully saturated rings. The zero-order valence-electron chi connectivity index (χ0n) is 59.5. The molecule has 6 rings (SSSR count). The average Bonchev–Trinajstić information content (AvgIpc) is 1.70. The normalized spacial score (nSPS) is 35.7. The number of aliphatic hydroxyl groups is 7. The molecule has 0 aromatic heterocycles. The van der Waals surface area contributed by atoms with Crippen LogP contribution in [0.1, 0.15) is 20.8 Å². The van der Waals surface area contributed by atoms with E-state index in [-0.39, 0.29) is 266 Å². The molecule has 29 atom stereocenters. The van der Waals surface area contributed by atoms with Gasteiger partial charge < -0.3 is 160 Å². The SMILES string of the molecule is CC(=O)N[C@H]1[C@@H](O[C@H]2[C@H](O)[C@@H](OC(C)=O)[C@H](O[C@H]3[C@@H](OS(=O)(=O)[O-])[C@@H](NS(=O)(=O)[O-])[C@@H](O[C@H]4[C@H](O)[C@@H](OS(=O)(=O)[O-])[C@H](O[C@H]5[C@H](O)[C@@H](CO)O[C@@H]5COS(=O)(=O)[O-])O[C@H]4C(=O)[O-])O[C@@H]3COS(=O)(=O)[O-])O[C@@H]2C(=O)[O-])O[C@H](COS(=O)(=O)[O-])[C@@H](O[C@@H]2O[C@@H](C(=O)[O-])[C@@H](O)[C@H](O)[C@H]2OC(C)=O)[C@@H]1O.[Na+].[Na+].[Na+].[Na+].[Na+].[Na+].[Na+].[Na+].[Na+]. The quantitative estimate of drug-likeness (QED) is 0.0131. The molecule has 6 aliphatic rings. The first-order valence-corrected chi connectivity index (χ1v) is 35.7. The molecule has 69 heteroatoms. The van der Waals surface area contributed by atoms with Crippen molar-refractivity contribution >= 4 is 98.1 Å². The monoisotopic (exact) mass is 1820 g/mol.